The van der Waals surface area contributed by atoms with Gasteiger partial charge in [-0.05, 0) is 12.1 Å². The highest BCUT2D eigenvalue weighted by Gasteiger charge is 2.19. The van der Waals surface area contributed by atoms with E-state index >= 15 is 0 Å². The van der Waals surface area contributed by atoms with Crippen LogP contribution in [0.25, 0.3) is 17.0 Å². The Balaban J connectivity index is 2.31. The summed E-state index contributed by atoms with van der Waals surface area (Å²) in [4.78, 5) is 14.9. The molecule has 0 saturated carbocycles. The van der Waals surface area contributed by atoms with Crippen LogP contribution in [-0.2, 0) is 0 Å². The molecule has 0 spiro atoms. The first kappa shape index (κ1) is 9.73. The maximum Gasteiger partial charge on any atom is 0.286 e. The number of benzene rings is 1. The minimum absolute atomic E-state index is 0.224. The summed E-state index contributed by atoms with van der Waals surface area (Å²) in [5, 5.41) is 0.981. The van der Waals surface area contributed by atoms with E-state index in [2.05, 4.69) is 21.3 Å². The van der Waals surface area contributed by atoms with Crippen LogP contribution in [0.5, 0.6) is 0 Å². The lowest BCUT2D eigenvalue weighted by atomic mass is 10.1. The topological polar surface area (TPSA) is 95.0 Å². The van der Waals surface area contributed by atoms with Crippen molar-refractivity contribution in [3.8, 4) is 0 Å². The summed E-state index contributed by atoms with van der Waals surface area (Å²) in [7, 11) is 0. The highest BCUT2D eigenvalue weighted by Crippen LogP contribution is 2.24. The van der Waals surface area contributed by atoms with Crippen LogP contribution < -0.4 is 22.1 Å². The van der Waals surface area contributed by atoms with Crippen LogP contribution in [0.3, 0.4) is 0 Å². The molecule has 6 N–H and O–H groups in total. The molecule has 0 unspecified atom stereocenters. The fourth-order valence-electron chi connectivity index (χ4n) is 1.94. The lowest BCUT2D eigenvalue weighted by Crippen LogP contribution is -2.41. The number of carbonyl (C=O) groups is 1. The van der Waals surface area contributed by atoms with E-state index in [1.807, 2.05) is 24.3 Å². The van der Waals surface area contributed by atoms with Gasteiger partial charge < -0.3 is 10.4 Å². The van der Waals surface area contributed by atoms with Crippen molar-refractivity contribution in [1.29, 1.82) is 0 Å². The zero-order valence-corrected chi connectivity index (χ0v) is 8.87. The van der Waals surface area contributed by atoms with Crippen LogP contribution in [0.2, 0.25) is 0 Å². The molecule has 1 aromatic carbocycles. The number of aromatic nitrogens is 1. The molecule has 3 rings (SSSR count). The quantitative estimate of drug-likeness (QED) is 0.356. The molecule has 0 saturated heterocycles. The number of rotatable bonds is 1. The Morgan fingerprint density at radius 1 is 1.18 bits per heavy atom. The largest absolute Gasteiger partial charge is 0.350 e. The van der Waals surface area contributed by atoms with E-state index in [-0.39, 0.29) is 5.91 Å². The molecule has 2 heterocycles. The summed E-state index contributed by atoms with van der Waals surface area (Å²) in [6.45, 7) is 0. The Bertz CT molecular complexity index is 628. The summed E-state index contributed by atoms with van der Waals surface area (Å²) < 4.78 is 0. The van der Waals surface area contributed by atoms with Gasteiger partial charge in [0.15, 0.2) is 0 Å². The Morgan fingerprint density at radius 2 is 2.00 bits per heavy atom. The molecule has 86 valence electrons. The molecule has 1 aliphatic heterocycles. The molecular formula is C11H11N5O. The smallest absolute Gasteiger partial charge is 0.286 e. The van der Waals surface area contributed by atoms with Gasteiger partial charge in [0.05, 0.1) is 0 Å². The second kappa shape index (κ2) is 3.53. The summed E-state index contributed by atoms with van der Waals surface area (Å²) >= 11 is 0. The number of nitrogens with two attached hydrogens (primary N) is 1. The minimum atomic E-state index is -0.224. The first-order valence-corrected chi connectivity index (χ1v) is 5.15. The highest BCUT2D eigenvalue weighted by atomic mass is 16.2. The van der Waals surface area contributed by atoms with Crippen molar-refractivity contribution in [2.45, 2.75) is 0 Å². The van der Waals surface area contributed by atoms with Gasteiger partial charge in [0.25, 0.3) is 5.91 Å². The number of aromatic amines is 1. The van der Waals surface area contributed by atoms with Gasteiger partial charge in [-0.25, -0.2) is 5.84 Å². The molecule has 0 radical (unpaired) electrons. The number of carbonyl (C=O) groups excluding carboxylic acids is 1. The third-order valence-corrected chi connectivity index (χ3v) is 2.73. The molecule has 0 atom stereocenters. The summed E-state index contributed by atoms with van der Waals surface area (Å²) in [5.41, 5.74) is 9.95. The molecule has 17 heavy (non-hydrogen) atoms. The highest BCUT2D eigenvalue weighted by molar-refractivity contribution is 6.05. The van der Waals surface area contributed by atoms with E-state index in [1.165, 1.54) is 0 Å². The normalized spacial score (nSPS) is 14.4. The first-order valence-electron chi connectivity index (χ1n) is 5.15. The molecule has 0 aliphatic carbocycles. The standard InChI is InChI=1S/C11H11N5O/c12-14-9-5-7-6-3-1-2-4-8(6)13-10(7)11(17)16-15-9/h1-5,13-15H,12H2,(H,16,17). The zero-order valence-electron chi connectivity index (χ0n) is 8.87. The number of hydrazine groups is 2. The van der Waals surface area contributed by atoms with Crippen LogP contribution in [0.15, 0.2) is 30.1 Å². The Kier molecular flexibility index (Phi) is 2.02. The van der Waals surface area contributed by atoms with Gasteiger partial charge in [-0.3, -0.25) is 15.6 Å². The summed E-state index contributed by atoms with van der Waals surface area (Å²) in [5.74, 6) is 5.65. The summed E-state index contributed by atoms with van der Waals surface area (Å²) in [6, 6.07) is 7.72. The average Bonchev–Trinajstić information content (AvgIpc) is 2.65. The van der Waals surface area contributed by atoms with Crippen LogP contribution in [-0.4, -0.2) is 10.9 Å². The SMILES string of the molecule is NNC1=Cc2c([nH]c3ccccc23)C(=O)NN1. The van der Waals surface area contributed by atoms with E-state index in [1.54, 1.807) is 6.08 Å². The minimum Gasteiger partial charge on any atom is -0.350 e. The van der Waals surface area contributed by atoms with Gasteiger partial charge in [-0.15, -0.1) is 0 Å². The second-order valence-corrected chi connectivity index (χ2v) is 3.74. The van der Waals surface area contributed by atoms with Crippen molar-refractivity contribution in [2.75, 3.05) is 0 Å². The van der Waals surface area contributed by atoms with Gasteiger partial charge in [-0.2, -0.15) is 0 Å². The Hall–Kier alpha value is -2.47. The van der Waals surface area contributed by atoms with Crippen molar-refractivity contribution in [3.05, 3.63) is 41.3 Å². The van der Waals surface area contributed by atoms with Gasteiger partial charge in [0.2, 0.25) is 0 Å². The lowest BCUT2D eigenvalue weighted by Gasteiger charge is -2.07. The number of amides is 1. The van der Waals surface area contributed by atoms with Crippen LogP contribution >= 0.6 is 0 Å². The molecule has 0 fully saturated rings. The fraction of sp³-hybridized carbons (Fsp3) is 0. The van der Waals surface area contributed by atoms with Gasteiger partial charge in [0.1, 0.15) is 11.5 Å². The van der Waals surface area contributed by atoms with E-state index in [0.29, 0.717) is 11.5 Å². The number of fused-ring (bicyclic) bond motifs is 3. The zero-order chi connectivity index (χ0) is 11.8. The van der Waals surface area contributed by atoms with E-state index in [4.69, 9.17) is 5.84 Å². The van der Waals surface area contributed by atoms with Gasteiger partial charge in [-0.1, -0.05) is 18.2 Å². The number of hydrogen-bond donors (Lipinski definition) is 5. The first-order chi connectivity index (χ1) is 8.29. The maximum atomic E-state index is 11.8. The molecule has 6 heteroatoms. The Labute approximate surface area is 96.8 Å². The number of hydrogen-bond acceptors (Lipinski definition) is 4. The molecule has 0 bridgehead atoms. The summed E-state index contributed by atoms with van der Waals surface area (Å²) in [6.07, 6.45) is 1.78. The third-order valence-electron chi connectivity index (χ3n) is 2.73. The van der Waals surface area contributed by atoms with E-state index < -0.39 is 0 Å². The number of para-hydroxylation sites is 1. The second-order valence-electron chi connectivity index (χ2n) is 3.74. The maximum absolute atomic E-state index is 11.8. The van der Waals surface area contributed by atoms with Crippen LogP contribution in [0, 0.1) is 0 Å². The van der Waals surface area contributed by atoms with Gasteiger partial charge in [0, 0.05) is 16.5 Å². The fourth-order valence-corrected chi connectivity index (χ4v) is 1.94. The van der Waals surface area contributed by atoms with Crippen molar-refractivity contribution >= 4 is 22.9 Å². The predicted octanol–water partition coefficient (Wildman–Crippen LogP) is 0.178. The van der Waals surface area contributed by atoms with Crippen LogP contribution in [0.4, 0.5) is 0 Å². The molecule has 1 aromatic heterocycles. The molecule has 2 aromatic rings. The van der Waals surface area contributed by atoms with E-state index in [9.17, 15) is 4.79 Å². The van der Waals surface area contributed by atoms with Crippen molar-refractivity contribution < 1.29 is 4.79 Å². The van der Waals surface area contributed by atoms with Gasteiger partial charge >= 0.3 is 0 Å². The molecule has 1 amide bonds. The van der Waals surface area contributed by atoms with Crippen LogP contribution in [0.1, 0.15) is 16.1 Å². The molecular weight excluding hydrogens is 218 g/mol. The predicted molar refractivity (Wildman–Crippen MR) is 64.2 cm³/mol. The average molecular weight is 229 g/mol. The van der Waals surface area contributed by atoms with Crippen molar-refractivity contribution in [1.82, 2.24) is 21.3 Å². The monoisotopic (exact) mass is 229 g/mol. The Morgan fingerprint density at radius 3 is 2.82 bits per heavy atom. The molecule has 1 aliphatic rings. The van der Waals surface area contributed by atoms with E-state index in [0.717, 1.165) is 16.5 Å². The van der Waals surface area contributed by atoms with Crippen molar-refractivity contribution in [3.63, 3.8) is 0 Å². The van der Waals surface area contributed by atoms with Crippen molar-refractivity contribution in [2.24, 2.45) is 5.84 Å². The number of nitrogens with one attached hydrogen (secondary N) is 4. The lowest BCUT2D eigenvalue weighted by molar-refractivity contribution is 0.0935. The number of H-pyrrole nitrogens is 1. The molecule has 6 nitrogen and oxygen atoms in total. The third kappa shape index (κ3) is 1.42.